The molecule has 102 valence electrons. The van der Waals surface area contributed by atoms with Crippen molar-refractivity contribution >= 4 is 11.3 Å². The fourth-order valence-electron chi connectivity index (χ4n) is 2.24. The first kappa shape index (κ1) is 13.9. The van der Waals surface area contributed by atoms with Gasteiger partial charge in [0.1, 0.15) is 10.0 Å². The third kappa shape index (κ3) is 3.73. The zero-order chi connectivity index (χ0) is 12.8. The third-order valence-corrected chi connectivity index (χ3v) is 4.46. The number of nitrogens with zero attached hydrogens (tertiary/aromatic N) is 2. The topological polar surface area (TPSA) is 47.0 Å². The van der Waals surface area contributed by atoms with Gasteiger partial charge in [0.25, 0.3) is 0 Å². The van der Waals surface area contributed by atoms with Gasteiger partial charge in [0, 0.05) is 18.9 Å². The van der Waals surface area contributed by atoms with Gasteiger partial charge in [0.05, 0.1) is 6.10 Å². The Labute approximate surface area is 113 Å². The molecule has 1 aliphatic rings. The molecule has 1 aromatic heterocycles. The molecular formula is C13H23N3OS. The summed E-state index contributed by atoms with van der Waals surface area (Å²) in [5.74, 6) is 0.467. The summed E-state index contributed by atoms with van der Waals surface area (Å²) in [6, 6.07) is 0. The molecule has 0 amide bonds. The number of aryl methyl sites for hydroxylation is 1. The minimum atomic E-state index is 0.303. The van der Waals surface area contributed by atoms with Crippen LogP contribution in [0.5, 0.6) is 0 Å². The standard InChI is InChI=1S/C13H23N3OS/c1-3-7-14-8-4-5-12-15-16-13(18-12)11-6-9-17-10(11)2/h10-11,14H,3-9H2,1-2H3. The molecule has 0 saturated carbocycles. The highest BCUT2D eigenvalue weighted by atomic mass is 32.1. The Morgan fingerprint density at radius 2 is 2.28 bits per heavy atom. The molecule has 1 aliphatic heterocycles. The molecule has 1 fully saturated rings. The van der Waals surface area contributed by atoms with Crippen molar-refractivity contribution in [3.8, 4) is 0 Å². The summed E-state index contributed by atoms with van der Waals surface area (Å²) in [4.78, 5) is 0. The summed E-state index contributed by atoms with van der Waals surface area (Å²) in [5.41, 5.74) is 0. The van der Waals surface area contributed by atoms with Crippen molar-refractivity contribution in [1.82, 2.24) is 15.5 Å². The highest BCUT2D eigenvalue weighted by Gasteiger charge is 2.28. The lowest BCUT2D eigenvalue weighted by Gasteiger charge is -2.08. The van der Waals surface area contributed by atoms with Crippen LogP contribution in [0.2, 0.25) is 0 Å². The van der Waals surface area contributed by atoms with Crippen molar-refractivity contribution in [2.75, 3.05) is 19.7 Å². The van der Waals surface area contributed by atoms with Crippen LogP contribution in [0.3, 0.4) is 0 Å². The van der Waals surface area contributed by atoms with Crippen LogP contribution in [0.25, 0.3) is 0 Å². The number of hydrogen-bond acceptors (Lipinski definition) is 5. The molecular weight excluding hydrogens is 246 g/mol. The van der Waals surface area contributed by atoms with Crippen LogP contribution in [0.15, 0.2) is 0 Å². The molecule has 0 spiro atoms. The largest absolute Gasteiger partial charge is 0.378 e. The first-order valence-corrected chi connectivity index (χ1v) is 7.77. The SMILES string of the molecule is CCCNCCCc1nnc(C2CCOC2C)s1. The van der Waals surface area contributed by atoms with Gasteiger partial charge in [0.15, 0.2) is 0 Å². The van der Waals surface area contributed by atoms with Crippen LogP contribution >= 0.6 is 11.3 Å². The number of aromatic nitrogens is 2. The predicted octanol–water partition coefficient (Wildman–Crippen LogP) is 2.36. The number of hydrogen-bond donors (Lipinski definition) is 1. The van der Waals surface area contributed by atoms with E-state index in [0.717, 1.165) is 44.0 Å². The van der Waals surface area contributed by atoms with Crippen LogP contribution in [0.4, 0.5) is 0 Å². The van der Waals surface area contributed by atoms with E-state index in [1.807, 2.05) is 0 Å². The van der Waals surface area contributed by atoms with Gasteiger partial charge >= 0.3 is 0 Å². The molecule has 2 rings (SSSR count). The van der Waals surface area contributed by atoms with E-state index < -0.39 is 0 Å². The van der Waals surface area contributed by atoms with E-state index in [1.165, 1.54) is 11.4 Å². The normalized spacial score (nSPS) is 23.7. The number of rotatable bonds is 7. The van der Waals surface area contributed by atoms with E-state index in [1.54, 1.807) is 11.3 Å². The van der Waals surface area contributed by atoms with Crippen LogP contribution < -0.4 is 5.32 Å². The van der Waals surface area contributed by atoms with E-state index in [2.05, 4.69) is 29.4 Å². The molecule has 0 radical (unpaired) electrons. The van der Waals surface area contributed by atoms with E-state index in [-0.39, 0.29) is 0 Å². The van der Waals surface area contributed by atoms with Crippen LogP contribution in [-0.2, 0) is 11.2 Å². The molecule has 1 aromatic rings. The molecule has 18 heavy (non-hydrogen) atoms. The molecule has 4 nitrogen and oxygen atoms in total. The van der Waals surface area contributed by atoms with Crippen molar-refractivity contribution < 1.29 is 4.74 Å². The molecule has 0 bridgehead atoms. The average molecular weight is 269 g/mol. The van der Waals surface area contributed by atoms with E-state index in [0.29, 0.717) is 12.0 Å². The second-order valence-electron chi connectivity index (χ2n) is 4.86. The highest BCUT2D eigenvalue weighted by Crippen LogP contribution is 2.32. The third-order valence-electron chi connectivity index (χ3n) is 3.35. The second kappa shape index (κ2) is 7.16. The quantitative estimate of drug-likeness (QED) is 0.772. The molecule has 1 N–H and O–H groups in total. The van der Waals surface area contributed by atoms with Gasteiger partial charge < -0.3 is 10.1 Å². The maximum Gasteiger partial charge on any atom is 0.123 e. The molecule has 2 heterocycles. The summed E-state index contributed by atoms with van der Waals surface area (Å²) in [5, 5.41) is 14.4. The Kier molecular flexibility index (Phi) is 5.53. The Morgan fingerprint density at radius 3 is 3.00 bits per heavy atom. The minimum Gasteiger partial charge on any atom is -0.378 e. The van der Waals surface area contributed by atoms with Crippen molar-refractivity contribution in [2.45, 2.75) is 51.6 Å². The zero-order valence-electron chi connectivity index (χ0n) is 11.3. The van der Waals surface area contributed by atoms with Crippen LogP contribution in [-0.4, -0.2) is 36.0 Å². The van der Waals surface area contributed by atoms with Gasteiger partial charge in [-0.25, -0.2) is 0 Å². The molecule has 2 unspecified atom stereocenters. The van der Waals surface area contributed by atoms with Gasteiger partial charge in [-0.05, 0) is 39.3 Å². The van der Waals surface area contributed by atoms with Gasteiger partial charge in [-0.15, -0.1) is 21.5 Å². The summed E-state index contributed by atoms with van der Waals surface area (Å²) >= 11 is 1.77. The molecule has 2 atom stereocenters. The molecule has 1 saturated heterocycles. The molecule has 5 heteroatoms. The van der Waals surface area contributed by atoms with Crippen molar-refractivity contribution in [2.24, 2.45) is 0 Å². The summed E-state index contributed by atoms with van der Waals surface area (Å²) in [6.45, 7) is 7.37. The highest BCUT2D eigenvalue weighted by molar-refractivity contribution is 7.11. The molecule has 0 aromatic carbocycles. The van der Waals surface area contributed by atoms with Gasteiger partial charge in [-0.1, -0.05) is 6.92 Å². The van der Waals surface area contributed by atoms with Crippen LogP contribution in [0, 0.1) is 0 Å². The average Bonchev–Trinajstić information content (AvgIpc) is 2.97. The van der Waals surface area contributed by atoms with Gasteiger partial charge in [0.2, 0.25) is 0 Å². The molecule has 0 aliphatic carbocycles. The van der Waals surface area contributed by atoms with Gasteiger partial charge in [-0.2, -0.15) is 0 Å². The fraction of sp³-hybridized carbons (Fsp3) is 0.846. The monoisotopic (exact) mass is 269 g/mol. The van der Waals surface area contributed by atoms with E-state index >= 15 is 0 Å². The van der Waals surface area contributed by atoms with Gasteiger partial charge in [-0.3, -0.25) is 0 Å². The maximum absolute atomic E-state index is 5.58. The first-order valence-electron chi connectivity index (χ1n) is 6.96. The number of ether oxygens (including phenoxy) is 1. The van der Waals surface area contributed by atoms with Crippen LogP contribution in [0.1, 0.15) is 49.0 Å². The Morgan fingerprint density at radius 1 is 1.39 bits per heavy atom. The summed E-state index contributed by atoms with van der Waals surface area (Å²) < 4.78 is 5.58. The Hall–Kier alpha value is -0.520. The van der Waals surface area contributed by atoms with E-state index in [4.69, 9.17) is 4.74 Å². The first-order chi connectivity index (χ1) is 8.81. The van der Waals surface area contributed by atoms with E-state index in [9.17, 15) is 0 Å². The summed E-state index contributed by atoms with van der Waals surface area (Å²) in [6.07, 6.45) is 4.77. The predicted molar refractivity (Wildman–Crippen MR) is 74.2 cm³/mol. The smallest absolute Gasteiger partial charge is 0.123 e. The van der Waals surface area contributed by atoms with Crippen molar-refractivity contribution in [3.05, 3.63) is 10.0 Å². The second-order valence-corrected chi connectivity index (χ2v) is 5.95. The fourth-order valence-corrected chi connectivity index (χ4v) is 3.35. The van der Waals surface area contributed by atoms with Crippen molar-refractivity contribution in [1.29, 1.82) is 0 Å². The summed E-state index contributed by atoms with van der Waals surface area (Å²) in [7, 11) is 0. The maximum atomic E-state index is 5.58. The zero-order valence-corrected chi connectivity index (χ0v) is 12.1. The Bertz CT molecular complexity index is 356. The van der Waals surface area contributed by atoms with Crippen molar-refractivity contribution in [3.63, 3.8) is 0 Å². The lowest BCUT2D eigenvalue weighted by molar-refractivity contribution is 0.118. The Balaban J connectivity index is 1.75. The number of nitrogens with one attached hydrogen (secondary N) is 1. The minimum absolute atomic E-state index is 0.303. The lowest BCUT2D eigenvalue weighted by Crippen LogP contribution is -2.16. The lowest BCUT2D eigenvalue weighted by atomic mass is 10.0.